The van der Waals surface area contributed by atoms with Crippen molar-refractivity contribution in [3.05, 3.63) is 65.2 Å². The predicted molar refractivity (Wildman–Crippen MR) is 87.3 cm³/mol. The van der Waals surface area contributed by atoms with Crippen molar-refractivity contribution in [2.75, 3.05) is 5.32 Å². The van der Waals surface area contributed by atoms with Gasteiger partial charge >= 0.3 is 0 Å². The largest absolute Gasteiger partial charge is 0.374 e. The smallest absolute Gasteiger partial charge is 0.242 e. The summed E-state index contributed by atoms with van der Waals surface area (Å²) in [5.74, 6) is -0.00270. The van der Waals surface area contributed by atoms with Crippen LogP contribution in [0.5, 0.6) is 0 Å². The molecule has 0 aliphatic heterocycles. The molecule has 1 amide bonds. The van der Waals surface area contributed by atoms with E-state index in [9.17, 15) is 4.79 Å². The van der Waals surface area contributed by atoms with E-state index >= 15 is 0 Å². The molecule has 3 nitrogen and oxygen atoms in total. The van der Waals surface area contributed by atoms with E-state index in [1.165, 1.54) is 11.1 Å². The summed E-state index contributed by atoms with van der Waals surface area (Å²) in [4.78, 5) is 12.1. The van der Waals surface area contributed by atoms with Crippen molar-refractivity contribution in [3.63, 3.8) is 0 Å². The lowest BCUT2D eigenvalue weighted by Gasteiger charge is -2.16. The summed E-state index contributed by atoms with van der Waals surface area (Å²) in [6.07, 6.45) is 0. The molecule has 0 aliphatic carbocycles. The number of benzene rings is 2. The number of anilines is 1. The van der Waals surface area contributed by atoms with Crippen LogP contribution in [0.2, 0.25) is 0 Å². The molecule has 0 saturated carbocycles. The Morgan fingerprint density at radius 1 is 1.05 bits per heavy atom. The quantitative estimate of drug-likeness (QED) is 0.882. The van der Waals surface area contributed by atoms with Gasteiger partial charge in [-0.05, 0) is 49.6 Å². The normalized spacial score (nSPS) is 11.8. The van der Waals surface area contributed by atoms with E-state index in [0.717, 1.165) is 11.3 Å². The van der Waals surface area contributed by atoms with Gasteiger partial charge in [0.2, 0.25) is 5.91 Å². The molecule has 0 radical (unpaired) electrons. The zero-order chi connectivity index (χ0) is 15.2. The SMILES string of the molecule is Cc1ccc(NC(C)C(=O)NCc2ccccc2)cc1C. The van der Waals surface area contributed by atoms with E-state index in [-0.39, 0.29) is 11.9 Å². The average molecular weight is 282 g/mol. The number of nitrogens with one attached hydrogen (secondary N) is 2. The van der Waals surface area contributed by atoms with E-state index in [0.29, 0.717) is 6.54 Å². The Morgan fingerprint density at radius 3 is 2.43 bits per heavy atom. The molecule has 2 aromatic rings. The van der Waals surface area contributed by atoms with Crippen LogP contribution in [0, 0.1) is 13.8 Å². The Kier molecular flexibility index (Phi) is 4.99. The van der Waals surface area contributed by atoms with Crippen molar-refractivity contribution in [2.45, 2.75) is 33.4 Å². The van der Waals surface area contributed by atoms with Gasteiger partial charge in [-0.15, -0.1) is 0 Å². The fourth-order valence-electron chi connectivity index (χ4n) is 2.08. The zero-order valence-corrected chi connectivity index (χ0v) is 12.8. The second-order valence-corrected chi connectivity index (χ2v) is 5.37. The molecule has 110 valence electrons. The van der Waals surface area contributed by atoms with Gasteiger partial charge in [-0.25, -0.2) is 0 Å². The summed E-state index contributed by atoms with van der Waals surface area (Å²) in [6, 6.07) is 15.8. The van der Waals surface area contributed by atoms with Gasteiger partial charge in [0.05, 0.1) is 0 Å². The van der Waals surface area contributed by atoms with Gasteiger partial charge in [0, 0.05) is 12.2 Å². The number of hydrogen-bond donors (Lipinski definition) is 2. The van der Waals surface area contributed by atoms with Crippen LogP contribution in [-0.2, 0) is 11.3 Å². The minimum Gasteiger partial charge on any atom is -0.374 e. The predicted octanol–water partition coefficient (Wildman–Crippen LogP) is 3.42. The summed E-state index contributed by atoms with van der Waals surface area (Å²) in [5, 5.41) is 6.18. The lowest BCUT2D eigenvalue weighted by molar-refractivity contribution is -0.121. The monoisotopic (exact) mass is 282 g/mol. The summed E-state index contributed by atoms with van der Waals surface area (Å²) in [5.41, 5.74) is 4.54. The molecule has 1 atom stereocenters. The minimum atomic E-state index is -0.268. The summed E-state index contributed by atoms with van der Waals surface area (Å²) < 4.78 is 0. The van der Waals surface area contributed by atoms with Gasteiger partial charge in [-0.3, -0.25) is 4.79 Å². The highest BCUT2D eigenvalue weighted by Crippen LogP contribution is 2.15. The molecule has 1 unspecified atom stereocenters. The standard InChI is InChI=1S/C18H22N2O/c1-13-9-10-17(11-14(13)2)20-15(3)18(21)19-12-16-7-5-4-6-8-16/h4-11,15,20H,12H2,1-3H3,(H,19,21). The first-order valence-corrected chi connectivity index (χ1v) is 7.21. The second kappa shape index (κ2) is 6.93. The van der Waals surface area contributed by atoms with Crippen LogP contribution in [-0.4, -0.2) is 11.9 Å². The summed E-state index contributed by atoms with van der Waals surface area (Å²) in [6.45, 7) is 6.57. The number of amides is 1. The van der Waals surface area contributed by atoms with Gasteiger partial charge < -0.3 is 10.6 Å². The molecule has 2 N–H and O–H groups in total. The highest BCUT2D eigenvalue weighted by atomic mass is 16.2. The molecule has 0 aliphatic rings. The van der Waals surface area contributed by atoms with E-state index in [1.807, 2.05) is 43.3 Å². The van der Waals surface area contributed by atoms with Crippen LogP contribution in [0.1, 0.15) is 23.6 Å². The maximum atomic E-state index is 12.1. The Morgan fingerprint density at radius 2 is 1.76 bits per heavy atom. The third-order valence-electron chi connectivity index (χ3n) is 3.59. The summed E-state index contributed by atoms with van der Waals surface area (Å²) >= 11 is 0. The van der Waals surface area contributed by atoms with Gasteiger partial charge in [0.25, 0.3) is 0 Å². The molecular weight excluding hydrogens is 260 g/mol. The lowest BCUT2D eigenvalue weighted by Crippen LogP contribution is -2.37. The van der Waals surface area contributed by atoms with Crippen LogP contribution in [0.3, 0.4) is 0 Å². The Bertz CT molecular complexity index is 608. The minimum absolute atomic E-state index is 0.00270. The number of carbonyl (C=O) groups excluding carboxylic acids is 1. The van der Waals surface area contributed by atoms with Crippen LogP contribution < -0.4 is 10.6 Å². The molecule has 0 heterocycles. The average Bonchev–Trinajstić information content (AvgIpc) is 2.49. The van der Waals surface area contributed by atoms with Crippen molar-refractivity contribution in [1.29, 1.82) is 0 Å². The van der Waals surface area contributed by atoms with Crippen molar-refractivity contribution < 1.29 is 4.79 Å². The third-order valence-corrected chi connectivity index (χ3v) is 3.59. The van der Waals surface area contributed by atoms with Gasteiger partial charge in [-0.2, -0.15) is 0 Å². The highest BCUT2D eigenvalue weighted by Gasteiger charge is 2.12. The van der Waals surface area contributed by atoms with E-state index in [2.05, 4.69) is 36.6 Å². The molecule has 0 aromatic heterocycles. The fraction of sp³-hybridized carbons (Fsp3) is 0.278. The second-order valence-electron chi connectivity index (χ2n) is 5.37. The van der Waals surface area contributed by atoms with Gasteiger partial charge in [0.15, 0.2) is 0 Å². The maximum Gasteiger partial charge on any atom is 0.242 e. The van der Waals surface area contributed by atoms with Crippen molar-refractivity contribution in [2.24, 2.45) is 0 Å². The molecule has 21 heavy (non-hydrogen) atoms. The first kappa shape index (κ1) is 15.1. The van der Waals surface area contributed by atoms with E-state index in [1.54, 1.807) is 0 Å². The van der Waals surface area contributed by atoms with E-state index in [4.69, 9.17) is 0 Å². The van der Waals surface area contributed by atoms with Crippen molar-refractivity contribution >= 4 is 11.6 Å². The Balaban J connectivity index is 1.88. The first-order chi connectivity index (χ1) is 10.1. The number of rotatable bonds is 5. The van der Waals surface area contributed by atoms with E-state index < -0.39 is 0 Å². The highest BCUT2D eigenvalue weighted by molar-refractivity contribution is 5.84. The molecule has 0 spiro atoms. The van der Waals surface area contributed by atoms with Gasteiger partial charge in [-0.1, -0.05) is 36.4 Å². The van der Waals surface area contributed by atoms with Crippen LogP contribution in [0.15, 0.2) is 48.5 Å². The molecule has 0 bridgehead atoms. The Labute approximate surface area is 126 Å². The van der Waals surface area contributed by atoms with Crippen molar-refractivity contribution in [1.82, 2.24) is 5.32 Å². The Hall–Kier alpha value is -2.29. The van der Waals surface area contributed by atoms with Crippen LogP contribution in [0.4, 0.5) is 5.69 Å². The molecule has 0 saturated heterocycles. The molecule has 2 rings (SSSR count). The van der Waals surface area contributed by atoms with Gasteiger partial charge in [0.1, 0.15) is 6.04 Å². The van der Waals surface area contributed by atoms with Crippen LogP contribution in [0.25, 0.3) is 0 Å². The number of carbonyl (C=O) groups is 1. The van der Waals surface area contributed by atoms with Crippen LogP contribution >= 0.6 is 0 Å². The molecule has 0 fully saturated rings. The third kappa shape index (κ3) is 4.35. The number of aryl methyl sites for hydroxylation is 2. The number of hydrogen-bond acceptors (Lipinski definition) is 2. The maximum absolute atomic E-state index is 12.1. The summed E-state index contributed by atoms with van der Waals surface area (Å²) in [7, 11) is 0. The topological polar surface area (TPSA) is 41.1 Å². The lowest BCUT2D eigenvalue weighted by atomic mass is 10.1. The molecule has 2 aromatic carbocycles. The fourth-order valence-corrected chi connectivity index (χ4v) is 2.08. The molecular formula is C18H22N2O. The van der Waals surface area contributed by atoms with Crippen molar-refractivity contribution in [3.8, 4) is 0 Å². The first-order valence-electron chi connectivity index (χ1n) is 7.21. The zero-order valence-electron chi connectivity index (χ0n) is 12.8. The molecule has 3 heteroatoms.